The smallest absolute Gasteiger partial charge is 0.216 e. The maximum atomic E-state index is 5.57. The first kappa shape index (κ1) is 13.9. The lowest BCUT2D eigenvalue weighted by Crippen LogP contribution is -2.29. The van der Waals surface area contributed by atoms with Gasteiger partial charge in [-0.15, -0.1) is 0 Å². The van der Waals surface area contributed by atoms with Gasteiger partial charge in [0, 0.05) is 6.07 Å². The fraction of sp³-hybridized carbons (Fsp3) is 0.667. The van der Waals surface area contributed by atoms with Crippen LogP contribution >= 0.6 is 0 Å². The lowest BCUT2D eigenvalue weighted by molar-refractivity contribution is 0.330. The molecule has 0 amide bonds. The van der Waals surface area contributed by atoms with Crippen molar-refractivity contribution in [2.45, 2.75) is 39.7 Å². The number of methoxy groups -OCH3 is 1. The normalized spacial score (nSPS) is 13.5. The van der Waals surface area contributed by atoms with Gasteiger partial charge in [-0.05, 0) is 18.3 Å². The van der Waals surface area contributed by atoms with Crippen LogP contribution in [0.4, 0.5) is 0 Å². The Balaban J connectivity index is 2.72. The van der Waals surface area contributed by atoms with E-state index in [1.54, 1.807) is 7.11 Å². The zero-order valence-electron chi connectivity index (χ0n) is 11.0. The van der Waals surface area contributed by atoms with Gasteiger partial charge in [-0.1, -0.05) is 20.8 Å². The third-order valence-electron chi connectivity index (χ3n) is 2.61. The highest BCUT2D eigenvalue weighted by Gasteiger charge is 2.17. The fourth-order valence-corrected chi connectivity index (χ4v) is 1.55. The summed E-state index contributed by atoms with van der Waals surface area (Å²) in [6.07, 6.45) is 3.49. The molecule has 1 aromatic rings. The molecule has 1 rings (SSSR count). The highest BCUT2D eigenvalue weighted by molar-refractivity contribution is 5.16. The van der Waals surface area contributed by atoms with Crippen LogP contribution in [0.15, 0.2) is 12.4 Å². The van der Waals surface area contributed by atoms with E-state index in [4.69, 9.17) is 10.6 Å². The molecule has 5 nitrogen and oxygen atoms in total. The van der Waals surface area contributed by atoms with E-state index < -0.39 is 0 Å². The summed E-state index contributed by atoms with van der Waals surface area (Å²) in [4.78, 5) is 8.21. The molecule has 1 aromatic heterocycles. The Morgan fingerprint density at radius 2 is 2.12 bits per heavy atom. The number of hydrogen-bond donors (Lipinski definition) is 2. The molecule has 0 spiro atoms. The van der Waals surface area contributed by atoms with Crippen LogP contribution in [0.5, 0.6) is 5.88 Å². The lowest BCUT2D eigenvalue weighted by atomic mass is 9.88. The van der Waals surface area contributed by atoms with Crippen molar-refractivity contribution >= 4 is 0 Å². The van der Waals surface area contributed by atoms with E-state index in [-0.39, 0.29) is 11.5 Å². The number of ether oxygens (including phenoxy) is 1. The van der Waals surface area contributed by atoms with Crippen molar-refractivity contribution in [2.24, 2.45) is 11.3 Å². The molecule has 0 aliphatic carbocycles. The number of hydrogen-bond acceptors (Lipinski definition) is 5. The van der Waals surface area contributed by atoms with Gasteiger partial charge in [0.1, 0.15) is 6.33 Å². The first-order valence-electron chi connectivity index (χ1n) is 5.78. The van der Waals surface area contributed by atoms with Gasteiger partial charge in [0.05, 0.1) is 18.8 Å². The standard InChI is InChI=1S/C12H22N4O/c1-12(2,3)6-5-9(16-13)10-7-11(17-4)15-8-14-10/h7-9,16H,5-6,13H2,1-4H3. The largest absolute Gasteiger partial charge is 0.481 e. The van der Waals surface area contributed by atoms with Gasteiger partial charge < -0.3 is 4.74 Å². The average molecular weight is 238 g/mol. The number of hydrazine groups is 1. The summed E-state index contributed by atoms with van der Waals surface area (Å²) in [6, 6.07) is 1.85. The maximum Gasteiger partial charge on any atom is 0.216 e. The van der Waals surface area contributed by atoms with Crippen LogP contribution in [0.1, 0.15) is 45.3 Å². The molecule has 0 fully saturated rings. The van der Waals surface area contributed by atoms with Crippen molar-refractivity contribution in [1.29, 1.82) is 0 Å². The third-order valence-corrected chi connectivity index (χ3v) is 2.61. The summed E-state index contributed by atoms with van der Waals surface area (Å²) < 4.78 is 5.08. The summed E-state index contributed by atoms with van der Waals surface area (Å²) in [7, 11) is 1.59. The molecule has 3 N–H and O–H groups in total. The van der Waals surface area contributed by atoms with Crippen molar-refractivity contribution in [3.63, 3.8) is 0 Å². The van der Waals surface area contributed by atoms with E-state index in [1.807, 2.05) is 6.07 Å². The van der Waals surface area contributed by atoms with Crippen LogP contribution in [0, 0.1) is 5.41 Å². The van der Waals surface area contributed by atoms with Crippen LogP contribution < -0.4 is 16.0 Å². The first-order valence-corrected chi connectivity index (χ1v) is 5.78. The Morgan fingerprint density at radius 1 is 1.41 bits per heavy atom. The van der Waals surface area contributed by atoms with Crippen LogP contribution in [0.3, 0.4) is 0 Å². The van der Waals surface area contributed by atoms with E-state index in [2.05, 4.69) is 36.2 Å². The monoisotopic (exact) mass is 238 g/mol. The molecule has 0 aromatic carbocycles. The Morgan fingerprint density at radius 3 is 2.65 bits per heavy atom. The van der Waals surface area contributed by atoms with Gasteiger partial charge in [-0.2, -0.15) is 0 Å². The van der Waals surface area contributed by atoms with Gasteiger partial charge in [-0.3, -0.25) is 11.3 Å². The molecule has 1 unspecified atom stereocenters. The first-order chi connectivity index (χ1) is 7.96. The van der Waals surface area contributed by atoms with E-state index in [1.165, 1.54) is 6.33 Å². The topological polar surface area (TPSA) is 73.1 Å². The van der Waals surface area contributed by atoms with Crippen LogP contribution in [0.2, 0.25) is 0 Å². The molecule has 0 bridgehead atoms. The Bertz CT molecular complexity index is 349. The van der Waals surface area contributed by atoms with Crippen molar-refractivity contribution < 1.29 is 4.74 Å². The zero-order valence-corrected chi connectivity index (χ0v) is 11.0. The quantitative estimate of drug-likeness (QED) is 0.604. The second-order valence-corrected chi connectivity index (χ2v) is 5.30. The predicted octanol–water partition coefficient (Wildman–Crippen LogP) is 1.82. The van der Waals surface area contributed by atoms with Crippen molar-refractivity contribution in [2.75, 3.05) is 7.11 Å². The minimum Gasteiger partial charge on any atom is -0.481 e. The molecular weight excluding hydrogens is 216 g/mol. The zero-order chi connectivity index (χ0) is 12.9. The second-order valence-electron chi connectivity index (χ2n) is 5.30. The molecule has 0 aliphatic rings. The molecule has 0 saturated heterocycles. The number of aromatic nitrogens is 2. The molecule has 0 saturated carbocycles. The number of nitrogens with zero attached hydrogens (tertiary/aromatic N) is 2. The molecule has 0 aliphatic heterocycles. The van der Waals surface area contributed by atoms with Crippen LogP contribution in [-0.4, -0.2) is 17.1 Å². The van der Waals surface area contributed by atoms with E-state index >= 15 is 0 Å². The molecule has 5 heteroatoms. The van der Waals surface area contributed by atoms with Crippen molar-refractivity contribution in [3.05, 3.63) is 18.1 Å². The average Bonchev–Trinajstić information content (AvgIpc) is 2.29. The van der Waals surface area contributed by atoms with Gasteiger partial charge in [0.2, 0.25) is 5.88 Å². The minimum atomic E-state index is 0.0334. The molecule has 0 radical (unpaired) electrons. The lowest BCUT2D eigenvalue weighted by Gasteiger charge is -2.22. The SMILES string of the molecule is COc1cc(C(CCC(C)(C)C)NN)ncn1. The number of nitrogens with two attached hydrogens (primary N) is 1. The Kier molecular flexibility index (Phi) is 4.84. The highest BCUT2D eigenvalue weighted by atomic mass is 16.5. The van der Waals surface area contributed by atoms with Crippen LogP contribution in [0.25, 0.3) is 0 Å². The maximum absolute atomic E-state index is 5.57. The van der Waals surface area contributed by atoms with Gasteiger partial charge in [0.25, 0.3) is 0 Å². The second kappa shape index (κ2) is 5.93. The fourth-order valence-electron chi connectivity index (χ4n) is 1.55. The van der Waals surface area contributed by atoms with Crippen molar-refractivity contribution in [3.8, 4) is 5.88 Å². The molecule has 17 heavy (non-hydrogen) atoms. The minimum absolute atomic E-state index is 0.0334. The van der Waals surface area contributed by atoms with Gasteiger partial charge in [0.15, 0.2) is 0 Å². The summed E-state index contributed by atoms with van der Waals surface area (Å²) >= 11 is 0. The third kappa shape index (κ3) is 4.66. The summed E-state index contributed by atoms with van der Waals surface area (Å²) in [5.41, 5.74) is 3.94. The van der Waals surface area contributed by atoms with Gasteiger partial charge >= 0.3 is 0 Å². The van der Waals surface area contributed by atoms with Gasteiger partial charge in [-0.25, -0.2) is 9.97 Å². The van der Waals surface area contributed by atoms with Crippen molar-refractivity contribution in [1.82, 2.24) is 15.4 Å². The van der Waals surface area contributed by atoms with E-state index in [0.29, 0.717) is 5.88 Å². The Labute approximate surface area is 103 Å². The molecule has 1 heterocycles. The molecule has 1 atom stereocenters. The highest BCUT2D eigenvalue weighted by Crippen LogP contribution is 2.26. The predicted molar refractivity (Wildman–Crippen MR) is 67.3 cm³/mol. The molecule has 96 valence electrons. The summed E-state index contributed by atoms with van der Waals surface area (Å²) in [5.74, 6) is 6.14. The summed E-state index contributed by atoms with van der Waals surface area (Å²) in [6.45, 7) is 6.63. The number of nitrogens with one attached hydrogen (secondary N) is 1. The van der Waals surface area contributed by atoms with Crippen LogP contribution in [-0.2, 0) is 0 Å². The van der Waals surface area contributed by atoms with E-state index in [9.17, 15) is 0 Å². The number of rotatable bonds is 5. The molecular formula is C12H22N4O. The Hall–Kier alpha value is -1.20. The summed E-state index contributed by atoms with van der Waals surface area (Å²) in [5, 5.41) is 0. The van der Waals surface area contributed by atoms with E-state index in [0.717, 1.165) is 18.5 Å².